The van der Waals surface area contributed by atoms with Gasteiger partial charge in [-0.1, -0.05) is 6.07 Å². The highest BCUT2D eigenvalue weighted by Crippen LogP contribution is 2.32. The Balaban J connectivity index is 2.50. The minimum Gasteiger partial charge on any atom is -0.465 e. The van der Waals surface area contributed by atoms with Crippen LogP contribution in [0.1, 0.15) is 29.8 Å². The molecule has 7 heteroatoms. The Bertz CT molecular complexity index is 738. The molecule has 1 aliphatic heterocycles. The zero-order valence-electron chi connectivity index (χ0n) is 13.4. The van der Waals surface area contributed by atoms with Crippen LogP contribution in [0.2, 0.25) is 0 Å². The Labute approximate surface area is 139 Å². The van der Waals surface area contributed by atoms with Gasteiger partial charge in [0.15, 0.2) is 11.7 Å². The maximum atomic E-state index is 12.6. The van der Waals surface area contributed by atoms with E-state index < -0.39 is 29.5 Å². The number of anilines is 1. The number of primary amides is 1. The van der Waals surface area contributed by atoms with Crippen LogP contribution < -0.4 is 10.6 Å². The summed E-state index contributed by atoms with van der Waals surface area (Å²) in [4.78, 5) is 49.3. The molecule has 7 nitrogen and oxygen atoms in total. The molecule has 1 aliphatic rings. The largest absolute Gasteiger partial charge is 0.465 e. The summed E-state index contributed by atoms with van der Waals surface area (Å²) in [6.07, 6.45) is 2.63. The molecule has 0 bridgehead atoms. The van der Waals surface area contributed by atoms with E-state index in [1.165, 1.54) is 23.1 Å². The van der Waals surface area contributed by atoms with Gasteiger partial charge in [-0.05, 0) is 37.6 Å². The quantitative estimate of drug-likeness (QED) is 0.491. The third-order valence-corrected chi connectivity index (χ3v) is 3.63. The van der Waals surface area contributed by atoms with E-state index in [0.29, 0.717) is 17.8 Å². The monoisotopic (exact) mass is 330 g/mol. The van der Waals surface area contributed by atoms with Crippen LogP contribution in [-0.2, 0) is 19.1 Å². The predicted octanol–water partition coefficient (Wildman–Crippen LogP) is 0.914. The second-order valence-electron chi connectivity index (χ2n) is 5.14. The summed E-state index contributed by atoms with van der Waals surface area (Å²) in [7, 11) is 0. The number of nitrogens with two attached hydrogens (primary N) is 1. The van der Waals surface area contributed by atoms with Crippen molar-refractivity contribution in [2.24, 2.45) is 11.7 Å². The second-order valence-corrected chi connectivity index (χ2v) is 5.14. The average molecular weight is 330 g/mol. The number of ether oxygens (including phenoxy) is 1. The number of carbonyl (C=O) groups excluding carboxylic acids is 4. The molecular formula is C17H18N2O5. The van der Waals surface area contributed by atoms with Crippen LogP contribution >= 0.6 is 0 Å². The minimum atomic E-state index is -1.49. The van der Waals surface area contributed by atoms with Gasteiger partial charge in [0.05, 0.1) is 12.3 Å². The van der Waals surface area contributed by atoms with E-state index in [0.717, 1.165) is 0 Å². The van der Waals surface area contributed by atoms with E-state index in [9.17, 15) is 19.2 Å². The number of nitrogens with zero attached hydrogens (tertiary/aromatic N) is 1. The molecule has 1 aromatic carbocycles. The third-order valence-electron chi connectivity index (χ3n) is 3.63. The number of rotatable bonds is 5. The van der Waals surface area contributed by atoms with Gasteiger partial charge in [0.1, 0.15) is 0 Å². The summed E-state index contributed by atoms with van der Waals surface area (Å²) >= 11 is 0. The number of hydrogen-bond donors (Lipinski definition) is 1. The molecule has 0 spiro atoms. The normalized spacial score (nSPS) is 17.1. The van der Waals surface area contributed by atoms with Gasteiger partial charge in [-0.15, -0.1) is 0 Å². The molecule has 24 heavy (non-hydrogen) atoms. The lowest BCUT2D eigenvalue weighted by Gasteiger charge is -2.31. The number of esters is 1. The highest BCUT2D eigenvalue weighted by molar-refractivity contribution is 6.30. The number of carbonyl (C=O) groups is 4. The van der Waals surface area contributed by atoms with Crippen LogP contribution in [0.25, 0.3) is 6.08 Å². The van der Waals surface area contributed by atoms with Crippen LogP contribution in [0, 0.1) is 5.92 Å². The van der Waals surface area contributed by atoms with E-state index in [1.807, 2.05) is 0 Å². The first-order valence-electron chi connectivity index (χ1n) is 7.54. The number of benzene rings is 1. The van der Waals surface area contributed by atoms with E-state index >= 15 is 0 Å². The molecule has 2 amide bonds. The molecule has 0 fully saturated rings. The molecular weight excluding hydrogens is 312 g/mol. The molecule has 1 heterocycles. The first kappa shape index (κ1) is 17.4. The summed E-state index contributed by atoms with van der Waals surface area (Å²) in [5.74, 6) is -4.15. The van der Waals surface area contributed by atoms with Gasteiger partial charge in [-0.3, -0.25) is 19.2 Å². The number of amides is 2. The molecule has 0 aliphatic carbocycles. The Kier molecular flexibility index (Phi) is 5.13. The minimum absolute atomic E-state index is 0.0796. The molecule has 0 radical (unpaired) electrons. The molecule has 1 aromatic rings. The van der Waals surface area contributed by atoms with Crippen molar-refractivity contribution in [1.82, 2.24) is 0 Å². The maximum Gasteiger partial charge on any atom is 0.326 e. The van der Waals surface area contributed by atoms with Crippen molar-refractivity contribution < 1.29 is 23.9 Å². The standard InChI is InChI=1S/C17H18N2O5/c1-3-19-12-7-5-10(6-8-13(18)20)9-11(12)15(21)14(16(19)22)17(23)24-4-2/h5-9,14H,3-4H2,1-2H3,(H2,18,20). The number of ketones is 1. The molecule has 2 rings (SSSR count). The van der Waals surface area contributed by atoms with E-state index in [-0.39, 0.29) is 12.2 Å². The Morgan fingerprint density at radius 2 is 2.00 bits per heavy atom. The molecule has 2 N–H and O–H groups in total. The van der Waals surface area contributed by atoms with Crippen molar-refractivity contribution in [1.29, 1.82) is 0 Å². The molecule has 0 aromatic heterocycles. The summed E-state index contributed by atoms with van der Waals surface area (Å²) < 4.78 is 4.86. The summed E-state index contributed by atoms with van der Waals surface area (Å²) in [5, 5.41) is 0. The number of fused-ring (bicyclic) bond motifs is 1. The lowest BCUT2D eigenvalue weighted by atomic mass is 9.89. The van der Waals surface area contributed by atoms with Crippen molar-refractivity contribution in [2.45, 2.75) is 13.8 Å². The first-order valence-corrected chi connectivity index (χ1v) is 7.54. The summed E-state index contributed by atoms with van der Waals surface area (Å²) in [5.41, 5.74) is 6.29. The fourth-order valence-electron chi connectivity index (χ4n) is 2.57. The lowest BCUT2D eigenvalue weighted by Crippen LogP contribution is -2.48. The number of hydrogen-bond acceptors (Lipinski definition) is 5. The summed E-state index contributed by atoms with van der Waals surface area (Å²) in [6.45, 7) is 3.75. The van der Waals surface area contributed by atoms with Gasteiger partial charge in [0, 0.05) is 18.2 Å². The third kappa shape index (κ3) is 3.19. The fourth-order valence-corrected chi connectivity index (χ4v) is 2.57. The Morgan fingerprint density at radius 3 is 2.58 bits per heavy atom. The van der Waals surface area contributed by atoms with Crippen LogP contribution in [0.4, 0.5) is 5.69 Å². The highest BCUT2D eigenvalue weighted by atomic mass is 16.5. The van der Waals surface area contributed by atoms with Crippen LogP contribution in [0.3, 0.4) is 0 Å². The highest BCUT2D eigenvalue weighted by Gasteiger charge is 2.44. The van der Waals surface area contributed by atoms with Crippen LogP contribution in [0.15, 0.2) is 24.3 Å². The SMILES string of the molecule is CCOC(=O)C1C(=O)c2cc(C=CC(N)=O)ccc2N(CC)C1=O. The van der Waals surface area contributed by atoms with Gasteiger partial charge in [-0.2, -0.15) is 0 Å². The molecule has 0 saturated carbocycles. The maximum absolute atomic E-state index is 12.6. The summed E-state index contributed by atoms with van der Waals surface area (Å²) in [6, 6.07) is 4.79. The second kappa shape index (κ2) is 7.08. The topological polar surface area (TPSA) is 107 Å². The predicted molar refractivity (Wildman–Crippen MR) is 87.2 cm³/mol. The lowest BCUT2D eigenvalue weighted by molar-refractivity contribution is -0.149. The van der Waals surface area contributed by atoms with Crippen molar-refractivity contribution in [3.05, 3.63) is 35.4 Å². The first-order chi connectivity index (χ1) is 11.4. The van der Waals surface area contributed by atoms with Crippen molar-refractivity contribution >= 4 is 35.3 Å². The molecule has 0 saturated heterocycles. The Morgan fingerprint density at radius 1 is 1.29 bits per heavy atom. The van der Waals surface area contributed by atoms with E-state index in [2.05, 4.69) is 0 Å². The molecule has 1 unspecified atom stereocenters. The van der Waals surface area contributed by atoms with Crippen LogP contribution in [-0.4, -0.2) is 36.7 Å². The smallest absolute Gasteiger partial charge is 0.326 e. The molecule has 1 atom stereocenters. The Hall–Kier alpha value is -2.96. The molecule has 126 valence electrons. The zero-order chi connectivity index (χ0) is 17.9. The van der Waals surface area contributed by atoms with Crippen molar-refractivity contribution in [2.75, 3.05) is 18.1 Å². The fraction of sp³-hybridized carbons (Fsp3) is 0.294. The van der Waals surface area contributed by atoms with Gasteiger partial charge >= 0.3 is 5.97 Å². The van der Waals surface area contributed by atoms with Gasteiger partial charge < -0.3 is 15.4 Å². The van der Waals surface area contributed by atoms with Crippen molar-refractivity contribution in [3.8, 4) is 0 Å². The van der Waals surface area contributed by atoms with Crippen molar-refractivity contribution in [3.63, 3.8) is 0 Å². The van der Waals surface area contributed by atoms with Gasteiger partial charge in [0.25, 0.3) is 0 Å². The van der Waals surface area contributed by atoms with E-state index in [1.54, 1.807) is 26.0 Å². The van der Waals surface area contributed by atoms with Gasteiger partial charge in [-0.25, -0.2) is 0 Å². The van der Waals surface area contributed by atoms with Crippen LogP contribution in [0.5, 0.6) is 0 Å². The zero-order valence-corrected chi connectivity index (χ0v) is 13.4. The van der Waals surface area contributed by atoms with Gasteiger partial charge in [0.2, 0.25) is 11.8 Å². The average Bonchev–Trinajstić information content (AvgIpc) is 2.54. The number of Topliss-reactive ketones (excluding diaryl/α,β-unsaturated/α-hetero) is 1. The van der Waals surface area contributed by atoms with E-state index in [4.69, 9.17) is 10.5 Å².